The van der Waals surface area contributed by atoms with Crippen molar-refractivity contribution in [3.05, 3.63) is 18.6 Å². The molecule has 0 bridgehead atoms. The van der Waals surface area contributed by atoms with Gasteiger partial charge >= 0.3 is 5.97 Å². The summed E-state index contributed by atoms with van der Waals surface area (Å²) in [4.78, 5) is 46.9. The van der Waals surface area contributed by atoms with E-state index in [2.05, 4.69) is 9.97 Å². The van der Waals surface area contributed by atoms with E-state index in [0.717, 1.165) is 24.2 Å². The molecule has 3 N–H and O–H groups in total. The Labute approximate surface area is 159 Å². The molecular formula is C19H28N4O4. The Morgan fingerprint density at radius 1 is 1.26 bits per heavy atom. The fourth-order valence-corrected chi connectivity index (χ4v) is 4.54. The highest BCUT2D eigenvalue weighted by molar-refractivity contribution is 5.99. The molecule has 0 aliphatic heterocycles. The quantitative estimate of drug-likeness (QED) is 0.701. The third-order valence-corrected chi connectivity index (χ3v) is 5.48. The van der Waals surface area contributed by atoms with Crippen LogP contribution in [0.2, 0.25) is 0 Å². The molecule has 2 rings (SSSR count). The Hall–Kier alpha value is -2.51. The van der Waals surface area contributed by atoms with Crippen molar-refractivity contribution in [3.8, 4) is 0 Å². The zero-order chi connectivity index (χ0) is 20.2. The molecule has 1 fully saturated rings. The molecule has 1 aromatic heterocycles. The van der Waals surface area contributed by atoms with E-state index < -0.39 is 28.7 Å². The standard InChI is InChI=1S/C19H28N4O4/c1-18(2,3)15(16(25)26)19(17(20)27,13-7-5-4-6-8-13)23(12-24)14-11-21-9-10-22-14/h9-13,15H,4-8H2,1-3H3,(H2,20,27)(H,25,26)/t15-,19-/m0/s1. The smallest absolute Gasteiger partial charge is 0.310 e. The number of carboxylic acids is 1. The molecule has 1 aromatic rings. The summed E-state index contributed by atoms with van der Waals surface area (Å²) in [5, 5.41) is 10.1. The van der Waals surface area contributed by atoms with Gasteiger partial charge in [0.15, 0.2) is 5.82 Å². The van der Waals surface area contributed by atoms with Gasteiger partial charge in [-0.1, -0.05) is 40.0 Å². The predicted octanol–water partition coefficient (Wildman–Crippen LogP) is 1.99. The molecule has 1 aliphatic rings. The average Bonchev–Trinajstić information content (AvgIpc) is 2.61. The summed E-state index contributed by atoms with van der Waals surface area (Å²) in [6.45, 7) is 5.23. The normalized spacial score (nSPS) is 18.9. The van der Waals surface area contributed by atoms with E-state index in [1.165, 1.54) is 18.6 Å². The molecule has 2 atom stereocenters. The van der Waals surface area contributed by atoms with Crippen LogP contribution in [0.5, 0.6) is 0 Å². The van der Waals surface area contributed by atoms with Crippen molar-refractivity contribution in [2.24, 2.45) is 23.0 Å². The van der Waals surface area contributed by atoms with Crippen molar-refractivity contribution in [2.45, 2.75) is 58.4 Å². The van der Waals surface area contributed by atoms with Crippen LogP contribution in [0, 0.1) is 17.3 Å². The lowest BCUT2D eigenvalue weighted by Crippen LogP contribution is -2.70. The van der Waals surface area contributed by atoms with Crippen LogP contribution in [0.3, 0.4) is 0 Å². The van der Waals surface area contributed by atoms with Gasteiger partial charge in [0.05, 0.1) is 12.1 Å². The number of carbonyl (C=O) groups is 3. The van der Waals surface area contributed by atoms with Crippen LogP contribution in [0.1, 0.15) is 52.9 Å². The Balaban J connectivity index is 2.80. The first-order valence-corrected chi connectivity index (χ1v) is 9.20. The molecule has 0 unspecified atom stereocenters. The van der Waals surface area contributed by atoms with E-state index in [0.29, 0.717) is 19.3 Å². The third kappa shape index (κ3) is 3.79. The van der Waals surface area contributed by atoms with Crippen LogP contribution >= 0.6 is 0 Å². The number of primary amides is 1. The number of hydrogen-bond acceptors (Lipinski definition) is 5. The second-order valence-electron chi connectivity index (χ2n) is 8.20. The number of nitrogens with two attached hydrogens (primary N) is 1. The van der Waals surface area contributed by atoms with Crippen molar-refractivity contribution >= 4 is 24.1 Å². The molecule has 1 heterocycles. The number of aromatic nitrogens is 2. The van der Waals surface area contributed by atoms with E-state index in [1.54, 1.807) is 20.8 Å². The average molecular weight is 376 g/mol. The minimum atomic E-state index is -1.73. The molecule has 2 amide bonds. The first-order valence-electron chi connectivity index (χ1n) is 9.20. The van der Waals surface area contributed by atoms with Crippen LogP contribution in [0.25, 0.3) is 0 Å². The second-order valence-corrected chi connectivity index (χ2v) is 8.20. The highest BCUT2D eigenvalue weighted by Gasteiger charge is 2.61. The summed E-state index contributed by atoms with van der Waals surface area (Å²) in [6.07, 6.45) is 8.59. The van der Waals surface area contributed by atoms with Gasteiger partial charge in [-0.3, -0.25) is 24.3 Å². The SMILES string of the molecule is CC(C)(C)[C@H](C(=O)O)[C@](C(N)=O)(C1CCCCC1)N(C=O)c1cnccn1. The zero-order valence-electron chi connectivity index (χ0n) is 16.1. The number of carboxylic acid groups (broad SMARTS) is 1. The lowest BCUT2D eigenvalue weighted by atomic mass is 9.59. The molecule has 0 radical (unpaired) electrons. The van der Waals surface area contributed by atoms with Crippen LogP contribution in [-0.2, 0) is 14.4 Å². The topological polar surface area (TPSA) is 126 Å². The predicted molar refractivity (Wildman–Crippen MR) is 99.7 cm³/mol. The highest BCUT2D eigenvalue weighted by Crippen LogP contribution is 2.48. The molecule has 0 spiro atoms. The monoisotopic (exact) mass is 376 g/mol. The van der Waals surface area contributed by atoms with Gasteiger partial charge in [-0.05, 0) is 24.2 Å². The van der Waals surface area contributed by atoms with Crippen molar-refractivity contribution in [2.75, 3.05) is 4.90 Å². The largest absolute Gasteiger partial charge is 0.481 e. The van der Waals surface area contributed by atoms with Gasteiger partial charge in [0.25, 0.3) is 0 Å². The maximum absolute atomic E-state index is 13.0. The van der Waals surface area contributed by atoms with Gasteiger partial charge in [0.2, 0.25) is 12.3 Å². The van der Waals surface area contributed by atoms with E-state index in [-0.39, 0.29) is 11.7 Å². The first-order chi connectivity index (χ1) is 12.7. The van der Waals surface area contributed by atoms with Crippen LogP contribution < -0.4 is 10.6 Å². The Bertz CT molecular complexity index is 683. The molecular weight excluding hydrogens is 348 g/mol. The van der Waals surface area contributed by atoms with Crippen molar-refractivity contribution < 1.29 is 19.5 Å². The van der Waals surface area contributed by atoms with Gasteiger partial charge in [0, 0.05) is 12.4 Å². The fraction of sp³-hybridized carbons (Fsp3) is 0.632. The summed E-state index contributed by atoms with van der Waals surface area (Å²) >= 11 is 0. The van der Waals surface area contributed by atoms with Crippen LogP contribution in [-0.4, -0.2) is 38.9 Å². The number of hydrogen-bond donors (Lipinski definition) is 2. The van der Waals surface area contributed by atoms with Gasteiger partial charge in [-0.2, -0.15) is 0 Å². The van der Waals surface area contributed by atoms with Crippen molar-refractivity contribution in [3.63, 3.8) is 0 Å². The molecule has 1 aliphatic carbocycles. The van der Waals surface area contributed by atoms with Crippen molar-refractivity contribution in [1.82, 2.24) is 9.97 Å². The molecule has 27 heavy (non-hydrogen) atoms. The van der Waals surface area contributed by atoms with Crippen molar-refractivity contribution in [1.29, 1.82) is 0 Å². The third-order valence-electron chi connectivity index (χ3n) is 5.48. The number of carbonyl (C=O) groups excluding carboxylic acids is 2. The molecule has 148 valence electrons. The highest BCUT2D eigenvalue weighted by atomic mass is 16.4. The van der Waals surface area contributed by atoms with E-state index in [4.69, 9.17) is 5.73 Å². The maximum atomic E-state index is 13.0. The number of aliphatic carboxylic acids is 1. The maximum Gasteiger partial charge on any atom is 0.310 e. The minimum absolute atomic E-state index is 0.118. The molecule has 0 aromatic carbocycles. The lowest BCUT2D eigenvalue weighted by Gasteiger charge is -2.52. The Morgan fingerprint density at radius 2 is 1.89 bits per heavy atom. The first kappa shape index (κ1) is 20.8. The Morgan fingerprint density at radius 3 is 2.30 bits per heavy atom. The second kappa shape index (κ2) is 8.02. The number of nitrogens with zero attached hydrogens (tertiary/aromatic N) is 3. The van der Waals surface area contributed by atoms with Gasteiger partial charge in [-0.25, -0.2) is 4.98 Å². The van der Waals surface area contributed by atoms with Gasteiger partial charge in [-0.15, -0.1) is 0 Å². The lowest BCUT2D eigenvalue weighted by molar-refractivity contribution is -0.156. The summed E-state index contributed by atoms with van der Waals surface area (Å²) in [5.74, 6) is -3.46. The van der Waals surface area contributed by atoms with Gasteiger partial charge in [0.1, 0.15) is 5.54 Å². The van der Waals surface area contributed by atoms with Gasteiger partial charge < -0.3 is 10.8 Å². The van der Waals surface area contributed by atoms with E-state index in [9.17, 15) is 19.5 Å². The minimum Gasteiger partial charge on any atom is -0.481 e. The molecule has 8 nitrogen and oxygen atoms in total. The van der Waals surface area contributed by atoms with E-state index >= 15 is 0 Å². The molecule has 0 saturated heterocycles. The molecule has 1 saturated carbocycles. The number of rotatable bonds is 7. The van der Waals surface area contributed by atoms with E-state index in [1.807, 2.05) is 0 Å². The summed E-state index contributed by atoms with van der Waals surface area (Å²) in [6, 6.07) is 0. The molecule has 8 heteroatoms. The summed E-state index contributed by atoms with van der Waals surface area (Å²) in [5.41, 5.74) is 3.34. The summed E-state index contributed by atoms with van der Waals surface area (Å²) < 4.78 is 0. The van der Waals surface area contributed by atoms with Crippen LogP contribution in [0.15, 0.2) is 18.6 Å². The van der Waals surface area contributed by atoms with Crippen LogP contribution in [0.4, 0.5) is 5.82 Å². The number of amides is 2. The Kier molecular flexibility index (Phi) is 6.18. The summed E-state index contributed by atoms with van der Waals surface area (Å²) in [7, 11) is 0. The zero-order valence-corrected chi connectivity index (χ0v) is 16.1. The fourth-order valence-electron chi connectivity index (χ4n) is 4.54. The number of anilines is 1.